The molecule has 0 aliphatic carbocycles. The molecule has 0 bridgehead atoms. The highest BCUT2D eigenvalue weighted by Crippen LogP contribution is 2.32. The number of hydrogen-bond acceptors (Lipinski definition) is 6. The summed E-state index contributed by atoms with van der Waals surface area (Å²) in [6.45, 7) is 5.60. The predicted octanol–water partition coefficient (Wildman–Crippen LogP) is 4.68. The molecule has 0 atom stereocenters. The average Bonchev–Trinajstić information content (AvgIpc) is 2.89. The first-order chi connectivity index (χ1) is 17.6. The zero-order chi connectivity index (χ0) is 26.7. The maximum atomic E-state index is 13.2. The lowest BCUT2D eigenvalue weighted by Crippen LogP contribution is -2.49. The fraction of sp³-hybridized carbons (Fsp3) is 0.370. The number of alkyl halides is 3. The van der Waals surface area contributed by atoms with Crippen molar-refractivity contribution in [2.24, 2.45) is 0 Å². The normalized spacial score (nSPS) is 14.0. The van der Waals surface area contributed by atoms with Gasteiger partial charge in [-0.25, -0.2) is 9.97 Å². The van der Waals surface area contributed by atoms with Crippen LogP contribution >= 0.6 is 0 Å². The number of benzene rings is 2. The van der Waals surface area contributed by atoms with Gasteiger partial charge in [-0.15, -0.1) is 0 Å². The molecule has 0 N–H and O–H groups in total. The zero-order valence-electron chi connectivity index (χ0n) is 21.2. The molecule has 0 radical (unpaired) electrons. The van der Waals surface area contributed by atoms with Gasteiger partial charge < -0.3 is 19.3 Å². The summed E-state index contributed by atoms with van der Waals surface area (Å²) in [5, 5.41) is 0. The van der Waals surface area contributed by atoms with Gasteiger partial charge in [0.25, 0.3) is 5.91 Å². The number of rotatable bonds is 6. The molecule has 1 aromatic heterocycles. The van der Waals surface area contributed by atoms with Gasteiger partial charge in [0.2, 0.25) is 0 Å². The number of aryl methyl sites for hydroxylation is 2. The number of methoxy groups -OCH3 is 2. The van der Waals surface area contributed by atoms with Crippen LogP contribution in [-0.2, 0) is 12.6 Å². The summed E-state index contributed by atoms with van der Waals surface area (Å²) in [5.41, 5.74) is 1.81. The van der Waals surface area contributed by atoms with Crippen LogP contribution in [0.3, 0.4) is 0 Å². The number of piperazine rings is 1. The van der Waals surface area contributed by atoms with E-state index in [0.717, 1.165) is 17.3 Å². The molecular formula is C27H29F3N4O3. The molecule has 1 fully saturated rings. The monoisotopic (exact) mass is 514 g/mol. The number of carbonyl (C=O) groups is 1. The highest BCUT2D eigenvalue weighted by Gasteiger charge is 2.31. The van der Waals surface area contributed by atoms with Gasteiger partial charge in [0, 0.05) is 49.9 Å². The van der Waals surface area contributed by atoms with E-state index >= 15 is 0 Å². The third-order valence-electron chi connectivity index (χ3n) is 6.44. The summed E-state index contributed by atoms with van der Waals surface area (Å²) in [7, 11) is 3.06. The van der Waals surface area contributed by atoms with Gasteiger partial charge in [0.1, 0.15) is 23.1 Å². The van der Waals surface area contributed by atoms with E-state index in [2.05, 4.69) is 14.9 Å². The number of aromatic nitrogens is 2. The van der Waals surface area contributed by atoms with E-state index in [9.17, 15) is 18.0 Å². The first-order valence-corrected chi connectivity index (χ1v) is 11.9. The quantitative estimate of drug-likeness (QED) is 0.476. The highest BCUT2D eigenvalue weighted by molar-refractivity contribution is 5.97. The molecule has 0 saturated carbocycles. The summed E-state index contributed by atoms with van der Waals surface area (Å²) in [5.74, 6) is 2.18. The number of nitrogens with zero attached hydrogens (tertiary/aromatic N) is 4. The van der Waals surface area contributed by atoms with E-state index in [4.69, 9.17) is 9.47 Å². The molecule has 1 aliphatic heterocycles. The van der Waals surface area contributed by atoms with Crippen LogP contribution in [0.5, 0.6) is 11.5 Å². The molecule has 10 heteroatoms. The van der Waals surface area contributed by atoms with Gasteiger partial charge in [0.15, 0.2) is 0 Å². The highest BCUT2D eigenvalue weighted by atomic mass is 19.4. The fourth-order valence-corrected chi connectivity index (χ4v) is 4.51. The van der Waals surface area contributed by atoms with Crippen LogP contribution in [-0.4, -0.2) is 61.2 Å². The maximum Gasteiger partial charge on any atom is 0.416 e. The van der Waals surface area contributed by atoms with Crippen molar-refractivity contribution in [1.29, 1.82) is 0 Å². The fourth-order valence-electron chi connectivity index (χ4n) is 4.51. The Labute approximate surface area is 213 Å². The molecule has 1 amide bonds. The second-order valence-electron chi connectivity index (χ2n) is 8.88. The molecule has 0 unspecified atom stereocenters. The van der Waals surface area contributed by atoms with Crippen LogP contribution < -0.4 is 14.4 Å². The smallest absolute Gasteiger partial charge is 0.416 e. The van der Waals surface area contributed by atoms with Crippen LogP contribution in [0.4, 0.5) is 19.0 Å². The van der Waals surface area contributed by atoms with E-state index in [1.807, 2.05) is 6.92 Å². The Balaban J connectivity index is 1.54. The van der Waals surface area contributed by atoms with E-state index < -0.39 is 11.7 Å². The van der Waals surface area contributed by atoms with Gasteiger partial charge in [-0.2, -0.15) is 13.2 Å². The Kier molecular flexibility index (Phi) is 7.56. The molecule has 37 heavy (non-hydrogen) atoms. The molecular weight excluding hydrogens is 485 g/mol. The summed E-state index contributed by atoms with van der Waals surface area (Å²) in [4.78, 5) is 26.2. The SMILES string of the molecule is COc1ccc(C(=O)N2CCN(c3nc(C)nc(C)c3Cc3cccc(C(F)(F)F)c3)CC2)c(OC)c1. The van der Waals surface area contributed by atoms with Gasteiger partial charge in [-0.05, 0) is 37.6 Å². The van der Waals surface area contributed by atoms with Crippen molar-refractivity contribution in [3.05, 3.63) is 76.2 Å². The topological polar surface area (TPSA) is 67.8 Å². The van der Waals surface area contributed by atoms with Crippen molar-refractivity contribution in [3.63, 3.8) is 0 Å². The van der Waals surface area contributed by atoms with Crippen LogP contribution in [0.1, 0.15) is 38.6 Å². The molecule has 0 spiro atoms. The number of ether oxygens (including phenoxy) is 2. The number of amides is 1. The Hall–Kier alpha value is -3.82. The van der Waals surface area contributed by atoms with E-state index in [1.54, 1.807) is 43.2 Å². The van der Waals surface area contributed by atoms with Crippen molar-refractivity contribution in [2.45, 2.75) is 26.4 Å². The van der Waals surface area contributed by atoms with Crippen molar-refractivity contribution < 1.29 is 27.4 Å². The third kappa shape index (κ3) is 5.79. The minimum atomic E-state index is -4.41. The van der Waals surface area contributed by atoms with Gasteiger partial charge in [0.05, 0.1) is 25.3 Å². The molecule has 196 valence electrons. The zero-order valence-corrected chi connectivity index (χ0v) is 21.2. The standard InChI is InChI=1S/C27H29F3N4O3/c1-17-23(15-19-6-5-7-20(14-19)27(28,29)30)25(32-18(2)31-17)33-10-12-34(13-11-33)26(35)22-9-8-21(36-3)16-24(22)37-4/h5-9,14,16H,10-13,15H2,1-4H3. The molecule has 1 aliphatic rings. The molecule has 1 saturated heterocycles. The molecule has 2 heterocycles. The summed E-state index contributed by atoms with van der Waals surface area (Å²) in [6, 6.07) is 10.4. The molecule has 7 nitrogen and oxygen atoms in total. The Bertz CT molecular complexity index is 1290. The Morgan fingerprint density at radius 3 is 2.35 bits per heavy atom. The Morgan fingerprint density at radius 2 is 1.70 bits per heavy atom. The predicted molar refractivity (Wildman–Crippen MR) is 133 cm³/mol. The molecule has 2 aromatic carbocycles. The number of halogens is 3. The van der Waals surface area contributed by atoms with E-state index in [0.29, 0.717) is 60.4 Å². The summed E-state index contributed by atoms with van der Waals surface area (Å²) >= 11 is 0. The van der Waals surface area contributed by atoms with Gasteiger partial charge in [-0.1, -0.05) is 18.2 Å². The lowest BCUT2D eigenvalue weighted by atomic mass is 10.0. The lowest BCUT2D eigenvalue weighted by Gasteiger charge is -2.36. The van der Waals surface area contributed by atoms with Gasteiger partial charge in [-0.3, -0.25) is 4.79 Å². The molecule has 4 rings (SSSR count). The van der Waals surface area contributed by atoms with Crippen LogP contribution in [0.25, 0.3) is 0 Å². The van der Waals surface area contributed by atoms with Crippen LogP contribution in [0.2, 0.25) is 0 Å². The third-order valence-corrected chi connectivity index (χ3v) is 6.44. The minimum absolute atomic E-state index is 0.140. The number of hydrogen-bond donors (Lipinski definition) is 0. The average molecular weight is 515 g/mol. The van der Waals surface area contributed by atoms with Crippen LogP contribution in [0.15, 0.2) is 42.5 Å². The number of anilines is 1. The minimum Gasteiger partial charge on any atom is -0.497 e. The van der Waals surface area contributed by atoms with Gasteiger partial charge >= 0.3 is 6.18 Å². The molecule has 3 aromatic rings. The second kappa shape index (κ2) is 10.7. The Morgan fingerprint density at radius 1 is 0.973 bits per heavy atom. The maximum absolute atomic E-state index is 13.2. The van der Waals surface area contributed by atoms with Crippen molar-refractivity contribution in [2.75, 3.05) is 45.3 Å². The summed E-state index contributed by atoms with van der Waals surface area (Å²) in [6.07, 6.45) is -4.14. The lowest BCUT2D eigenvalue weighted by molar-refractivity contribution is -0.137. The van der Waals surface area contributed by atoms with Crippen LogP contribution in [0, 0.1) is 13.8 Å². The largest absolute Gasteiger partial charge is 0.497 e. The first kappa shape index (κ1) is 26.2. The van der Waals surface area contributed by atoms with Crippen molar-refractivity contribution in [1.82, 2.24) is 14.9 Å². The first-order valence-electron chi connectivity index (χ1n) is 11.9. The van der Waals surface area contributed by atoms with Crippen molar-refractivity contribution >= 4 is 11.7 Å². The number of carbonyl (C=O) groups excluding carboxylic acids is 1. The van der Waals surface area contributed by atoms with E-state index in [1.165, 1.54) is 19.2 Å². The van der Waals surface area contributed by atoms with E-state index in [-0.39, 0.29) is 12.3 Å². The second-order valence-corrected chi connectivity index (χ2v) is 8.88. The van der Waals surface area contributed by atoms with Crippen molar-refractivity contribution in [3.8, 4) is 11.5 Å². The summed E-state index contributed by atoms with van der Waals surface area (Å²) < 4.78 is 50.3.